The highest BCUT2D eigenvalue weighted by molar-refractivity contribution is 5.78. The lowest BCUT2D eigenvalue weighted by molar-refractivity contribution is 0.748. The predicted molar refractivity (Wildman–Crippen MR) is 111 cm³/mol. The zero-order valence-electron chi connectivity index (χ0n) is 15.8. The molecule has 5 heteroatoms. The molecule has 0 spiro atoms. The van der Waals surface area contributed by atoms with E-state index in [9.17, 15) is 0 Å². The second kappa shape index (κ2) is 9.57. The van der Waals surface area contributed by atoms with E-state index in [4.69, 9.17) is 5.73 Å². The van der Waals surface area contributed by atoms with Gasteiger partial charge in [0.05, 0.1) is 12.9 Å². The van der Waals surface area contributed by atoms with Crippen LogP contribution >= 0.6 is 0 Å². The molecule has 0 aliphatic heterocycles. The van der Waals surface area contributed by atoms with E-state index >= 15 is 0 Å². The van der Waals surface area contributed by atoms with Crippen molar-refractivity contribution in [1.29, 1.82) is 0 Å². The second-order valence-electron chi connectivity index (χ2n) is 6.57. The maximum atomic E-state index is 5.97. The van der Waals surface area contributed by atoms with Gasteiger partial charge in [-0.2, -0.15) is 0 Å². The molecule has 0 radical (unpaired) electrons. The number of imidazole rings is 1. The smallest absolute Gasteiger partial charge is 0.188 e. The number of rotatable bonds is 8. The minimum atomic E-state index is 0.508. The monoisotopic (exact) mass is 361 g/mol. The number of guanidine groups is 1. The summed E-state index contributed by atoms with van der Waals surface area (Å²) in [6.07, 6.45) is 7.84. The number of benzene rings is 2. The molecular weight excluding hydrogens is 334 g/mol. The normalized spacial score (nSPS) is 11.5. The van der Waals surface area contributed by atoms with Crippen LogP contribution < -0.4 is 11.1 Å². The molecule has 1 heterocycles. The summed E-state index contributed by atoms with van der Waals surface area (Å²) in [5.41, 5.74) is 10.8. The van der Waals surface area contributed by atoms with Crippen LogP contribution in [0.2, 0.25) is 0 Å². The lowest BCUT2D eigenvalue weighted by Crippen LogP contribution is -2.32. The number of nitrogens with one attached hydrogen (secondary N) is 1. The van der Waals surface area contributed by atoms with Gasteiger partial charge in [-0.05, 0) is 28.7 Å². The van der Waals surface area contributed by atoms with Gasteiger partial charge in [-0.15, -0.1) is 0 Å². The van der Waals surface area contributed by atoms with Crippen molar-refractivity contribution in [1.82, 2.24) is 14.9 Å². The number of unbranched alkanes of at least 4 members (excludes halogenated alkanes) is 1. The van der Waals surface area contributed by atoms with Gasteiger partial charge in [-0.25, -0.2) is 9.98 Å². The molecule has 2 aromatic carbocycles. The molecule has 27 heavy (non-hydrogen) atoms. The highest BCUT2D eigenvalue weighted by atomic mass is 15.1. The summed E-state index contributed by atoms with van der Waals surface area (Å²) < 4.78 is 2.06. The largest absolute Gasteiger partial charge is 0.370 e. The van der Waals surface area contributed by atoms with Gasteiger partial charge < -0.3 is 15.6 Å². The van der Waals surface area contributed by atoms with Crippen molar-refractivity contribution in [3.63, 3.8) is 0 Å². The number of hydrogen-bond donors (Lipinski definition) is 2. The van der Waals surface area contributed by atoms with Crippen molar-refractivity contribution >= 4 is 5.96 Å². The molecule has 0 amide bonds. The van der Waals surface area contributed by atoms with Gasteiger partial charge in [0.1, 0.15) is 0 Å². The van der Waals surface area contributed by atoms with Crippen LogP contribution in [0, 0.1) is 0 Å². The molecule has 0 saturated heterocycles. The fourth-order valence-electron chi connectivity index (χ4n) is 2.94. The highest BCUT2D eigenvalue weighted by Gasteiger charge is 2.05. The predicted octanol–water partition coefficient (Wildman–Crippen LogP) is 3.80. The number of aliphatic imine (C=N–C) groups is 1. The van der Waals surface area contributed by atoms with Crippen LogP contribution in [-0.2, 0) is 13.1 Å². The van der Waals surface area contributed by atoms with Crippen molar-refractivity contribution in [2.75, 3.05) is 6.54 Å². The van der Waals surface area contributed by atoms with E-state index < -0.39 is 0 Å². The average Bonchev–Trinajstić information content (AvgIpc) is 3.20. The number of nitrogens with zero attached hydrogens (tertiary/aromatic N) is 3. The van der Waals surface area contributed by atoms with Gasteiger partial charge in [-0.1, -0.05) is 61.9 Å². The Morgan fingerprint density at radius 1 is 1.15 bits per heavy atom. The Bertz CT molecular complexity index is 851. The van der Waals surface area contributed by atoms with E-state index in [1.165, 1.54) is 22.3 Å². The fourth-order valence-corrected chi connectivity index (χ4v) is 2.94. The third kappa shape index (κ3) is 5.45. The molecule has 0 aliphatic carbocycles. The average molecular weight is 361 g/mol. The maximum Gasteiger partial charge on any atom is 0.188 e. The molecule has 0 atom stereocenters. The molecule has 3 N–H and O–H groups in total. The van der Waals surface area contributed by atoms with Crippen LogP contribution in [0.3, 0.4) is 0 Å². The SMILES string of the molecule is CCCCNC(N)=NCc1ccccc1-c1ccc(Cn2ccnc2)cc1. The molecule has 0 aliphatic rings. The first-order valence-electron chi connectivity index (χ1n) is 9.43. The second-order valence-corrected chi connectivity index (χ2v) is 6.57. The van der Waals surface area contributed by atoms with E-state index in [0.717, 1.165) is 25.9 Å². The maximum absolute atomic E-state index is 5.97. The first kappa shape index (κ1) is 18.7. The summed E-state index contributed by atoms with van der Waals surface area (Å²) in [6.45, 7) is 4.42. The number of aromatic nitrogens is 2. The van der Waals surface area contributed by atoms with Gasteiger partial charge in [0, 0.05) is 25.5 Å². The van der Waals surface area contributed by atoms with Crippen LogP contribution in [-0.4, -0.2) is 22.1 Å². The van der Waals surface area contributed by atoms with Gasteiger partial charge in [0.25, 0.3) is 0 Å². The van der Waals surface area contributed by atoms with Crippen molar-refractivity contribution in [3.05, 3.63) is 78.4 Å². The van der Waals surface area contributed by atoms with Crippen LogP contribution in [0.15, 0.2) is 72.2 Å². The zero-order valence-corrected chi connectivity index (χ0v) is 15.8. The molecule has 0 saturated carbocycles. The molecule has 3 aromatic rings. The quantitative estimate of drug-likeness (QED) is 0.364. The van der Waals surface area contributed by atoms with Crippen LogP contribution in [0.1, 0.15) is 30.9 Å². The zero-order chi connectivity index (χ0) is 18.9. The van der Waals surface area contributed by atoms with Gasteiger partial charge in [0.2, 0.25) is 0 Å². The van der Waals surface area contributed by atoms with Crippen molar-refractivity contribution < 1.29 is 0 Å². The van der Waals surface area contributed by atoms with Crippen LogP contribution in [0.4, 0.5) is 0 Å². The molecule has 0 fully saturated rings. The summed E-state index contributed by atoms with van der Waals surface area (Å²) in [5.74, 6) is 0.508. The van der Waals surface area contributed by atoms with E-state index in [-0.39, 0.29) is 0 Å². The summed E-state index contributed by atoms with van der Waals surface area (Å²) in [5, 5.41) is 3.16. The Balaban J connectivity index is 1.70. The van der Waals surface area contributed by atoms with Crippen LogP contribution in [0.25, 0.3) is 11.1 Å². The van der Waals surface area contributed by atoms with E-state index in [0.29, 0.717) is 12.5 Å². The summed E-state index contributed by atoms with van der Waals surface area (Å²) >= 11 is 0. The van der Waals surface area contributed by atoms with Gasteiger partial charge >= 0.3 is 0 Å². The molecule has 0 unspecified atom stereocenters. The van der Waals surface area contributed by atoms with Gasteiger partial charge in [0.15, 0.2) is 5.96 Å². The Hall–Kier alpha value is -3.08. The van der Waals surface area contributed by atoms with Crippen LogP contribution in [0.5, 0.6) is 0 Å². The van der Waals surface area contributed by atoms with E-state index in [2.05, 4.69) is 69.2 Å². The minimum Gasteiger partial charge on any atom is -0.370 e. The Morgan fingerprint density at radius 2 is 1.96 bits per heavy atom. The number of nitrogens with two attached hydrogens (primary N) is 1. The van der Waals surface area contributed by atoms with Crippen molar-refractivity contribution in [2.45, 2.75) is 32.9 Å². The summed E-state index contributed by atoms with van der Waals surface area (Å²) in [4.78, 5) is 8.58. The van der Waals surface area contributed by atoms with E-state index in [1.54, 1.807) is 6.20 Å². The molecule has 0 bridgehead atoms. The van der Waals surface area contributed by atoms with E-state index in [1.807, 2.05) is 18.6 Å². The molecular formula is C22H27N5. The molecule has 1 aromatic heterocycles. The third-order valence-electron chi connectivity index (χ3n) is 4.46. The molecule has 5 nitrogen and oxygen atoms in total. The van der Waals surface area contributed by atoms with Gasteiger partial charge in [-0.3, -0.25) is 0 Å². The molecule has 140 valence electrons. The standard InChI is InChI=1S/C22H27N5/c1-2-3-12-25-22(23)26-15-20-6-4-5-7-21(20)19-10-8-18(9-11-19)16-27-14-13-24-17-27/h4-11,13-14,17H,2-3,12,15-16H2,1H3,(H3,23,25,26). The highest BCUT2D eigenvalue weighted by Crippen LogP contribution is 2.25. The lowest BCUT2D eigenvalue weighted by Gasteiger charge is -2.10. The lowest BCUT2D eigenvalue weighted by atomic mass is 9.98. The Morgan fingerprint density at radius 3 is 2.70 bits per heavy atom. The first-order chi connectivity index (χ1) is 13.3. The molecule has 3 rings (SSSR count). The van der Waals surface area contributed by atoms with Crippen molar-refractivity contribution in [3.8, 4) is 11.1 Å². The topological polar surface area (TPSA) is 68.2 Å². The first-order valence-corrected chi connectivity index (χ1v) is 9.43. The fraction of sp³-hybridized carbons (Fsp3) is 0.273. The number of hydrogen-bond acceptors (Lipinski definition) is 2. The van der Waals surface area contributed by atoms with Crippen molar-refractivity contribution in [2.24, 2.45) is 10.7 Å². The minimum absolute atomic E-state index is 0.508. The summed E-state index contributed by atoms with van der Waals surface area (Å²) in [6, 6.07) is 17.0. The summed E-state index contributed by atoms with van der Waals surface area (Å²) in [7, 11) is 0. The Labute approximate surface area is 161 Å². The Kier molecular flexibility index (Phi) is 6.63. The third-order valence-corrected chi connectivity index (χ3v) is 4.46.